The summed E-state index contributed by atoms with van der Waals surface area (Å²) in [7, 11) is 0. The fourth-order valence-corrected chi connectivity index (χ4v) is 3.21. The van der Waals surface area contributed by atoms with Gasteiger partial charge in [-0.15, -0.1) is 0 Å². The molecule has 1 saturated carbocycles. The lowest BCUT2D eigenvalue weighted by Gasteiger charge is -2.27. The van der Waals surface area contributed by atoms with E-state index in [1.54, 1.807) is 6.07 Å². The quantitative estimate of drug-likeness (QED) is 0.841. The highest BCUT2D eigenvalue weighted by Crippen LogP contribution is 2.40. The van der Waals surface area contributed by atoms with Crippen molar-refractivity contribution in [1.82, 2.24) is 9.97 Å². The van der Waals surface area contributed by atoms with Crippen molar-refractivity contribution in [2.45, 2.75) is 30.4 Å². The fraction of sp³-hybridized carbons (Fsp3) is 0.636. The van der Waals surface area contributed by atoms with Crippen molar-refractivity contribution in [3.8, 4) is 0 Å². The summed E-state index contributed by atoms with van der Waals surface area (Å²) >= 11 is 7.78. The zero-order valence-electron chi connectivity index (χ0n) is 9.37. The van der Waals surface area contributed by atoms with E-state index in [1.165, 1.54) is 32.0 Å². The molecule has 1 aliphatic rings. The third-order valence-corrected chi connectivity index (χ3v) is 4.80. The van der Waals surface area contributed by atoms with Gasteiger partial charge in [0.05, 0.1) is 0 Å². The lowest BCUT2D eigenvalue weighted by Crippen LogP contribution is -2.30. The van der Waals surface area contributed by atoms with Crippen molar-refractivity contribution in [3.63, 3.8) is 0 Å². The summed E-state index contributed by atoms with van der Waals surface area (Å²) in [4.78, 5) is 8.02. The Morgan fingerprint density at radius 1 is 1.44 bits per heavy atom. The van der Waals surface area contributed by atoms with Crippen LogP contribution in [-0.2, 0) is 0 Å². The first-order valence-electron chi connectivity index (χ1n) is 5.51. The third-order valence-electron chi connectivity index (χ3n) is 3.17. The molecular weight excluding hydrogens is 242 g/mol. The number of nitrogens with zero attached hydrogens (tertiary/aromatic N) is 2. The normalized spacial score (nSPS) is 18.6. The summed E-state index contributed by atoms with van der Waals surface area (Å²) in [5.74, 6) is 0.820. The molecule has 0 aliphatic heterocycles. The van der Waals surface area contributed by atoms with Crippen molar-refractivity contribution < 1.29 is 0 Å². The van der Waals surface area contributed by atoms with E-state index in [0.717, 1.165) is 12.4 Å². The van der Waals surface area contributed by atoms with Gasteiger partial charge >= 0.3 is 0 Å². The Morgan fingerprint density at radius 3 is 2.81 bits per heavy atom. The average molecular weight is 258 g/mol. The number of hydrogen-bond acceptors (Lipinski definition) is 4. The number of rotatable bonds is 4. The maximum atomic E-state index is 5.81. The minimum atomic E-state index is 0.386. The molecule has 1 N–H and O–H groups in total. The van der Waals surface area contributed by atoms with Gasteiger partial charge in [0.2, 0.25) is 0 Å². The highest BCUT2D eigenvalue weighted by atomic mass is 35.5. The van der Waals surface area contributed by atoms with Crippen molar-refractivity contribution in [3.05, 3.63) is 17.5 Å². The van der Waals surface area contributed by atoms with E-state index in [9.17, 15) is 0 Å². The van der Waals surface area contributed by atoms with Gasteiger partial charge in [0.1, 0.15) is 17.3 Å². The van der Waals surface area contributed by atoms with Crippen LogP contribution in [0.25, 0.3) is 0 Å². The van der Waals surface area contributed by atoms with Crippen molar-refractivity contribution in [2.75, 3.05) is 18.1 Å². The molecule has 1 aliphatic carbocycles. The Balaban J connectivity index is 1.95. The molecule has 16 heavy (non-hydrogen) atoms. The lowest BCUT2D eigenvalue weighted by molar-refractivity contribution is 0.638. The molecule has 88 valence electrons. The second kappa shape index (κ2) is 5.23. The van der Waals surface area contributed by atoms with Gasteiger partial charge in [0.25, 0.3) is 0 Å². The standard InChI is InChI=1S/C11H16ClN3S/c1-16-11(4-2-3-5-11)7-13-10-6-9(12)14-8-15-10/h6,8H,2-5,7H2,1H3,(H,13,14,15). The molecule has 0 radical (unpaired) electrons. The van der Waals surface area contributed by atoms with Crippen LogP contribution in [0.15, 0.2) is 12.4 Å². The van der Waals surface area contributed by atoms with Crippen molar-refractivity contribution in [2.24, 2.45) is 0 Å². The molecule has 0 amide bonds. The highest BCUT2D eigenvalue weighted by molar-refractivity contribution is 8.00. The molecule has 1 fully saturated rings. The molecule has 1 heterocycles. The van der Waals surface area contributed by atoms with Crippen LogP contribution in [0.4, 0.5) is 5.82 Å². The van der Waals surface area contributed by atoms with E-state index in [4.69, 9.17) is 11.6 Å². The molecule has 0 aromatic carbocycles. The minimum Gasteiger partial charge on any atom is -0.369 e. The van der Waals surface area contributed by atoms with Gasteiger partial charge in [-0.1, -0.05) is 24.4 Å². The largest absolute Gasteiger partial charge is 0.369 e. The zero-order chi connectivity index (χ0) is 11.4. The second-order valence-electron chi connectivity index (χ2n) is 4.17. The molecule has 0 bridgehead atoms. The van der Waals surface area contributed by atoms with Crippen LogP contribution in [0.1, 0.15) is 25.7 Å². The highest BCUT2D eigenvalue weighted by Gasteiger charge is 2.32. The molecular formula is C11H16ClN3S. The van der Waals surface area contributed by atoms with Gasteiger partial charge in [-0.25, -0.2) is 9.97 Å². The first kappa shape index (κ1) is 12.0. The van der Waals surface area contributed by atoms with Gasteiger partial charge in [0.15, 0.2) is 0 Å². The van der Waals surface area contributed by atoms with E-state index in [-0.39, 0.29) is 0 Å². The van der Waals surface area contributed by atoms with Gasteiger partial charge in [0, 0.05) is 17.4 Å². The number of nitrogens with one attached hydrogen (secondary N) is 1. The van der Waals surface area contributed by atoms with E-state index < -0.39 is 0 Å². The first-order chi connectivity index (χ1) is 7.74. The van der Waals surface area contributed by atoms with E-state index in [2.05, 4.69) is 21.5 Å². The van der Waals surface area contributed by atoms with Gasteiger partial charge in [-0.3, -0.25) is 0 Å². The second-order valence-corrected chi connectivity index (χ2v) is 5.84. The summed E-state index contributed by atoms with van der Waals surface area (Å²) in [6, 6.07) is 1.77. The van der Waals surface area contributed by atoms with Gasteiger partial charge in [-0.2, -0.15) is 11.8 Å². The van der Waals surface area contributed by atoms with Crippen molar-refractivity contribution in [1.29, 1.82) is 0 Å². The Kier molecular flexibility index (Phi) is 3.92. The smallest absolute Gasteiger partial charge is 0.134 e. The molecule has 2 rings (SSSR count). The molecule has 3 nitrogen and oxygen atoms in total. The molecule has 0 saturated heterocycles. The fourth-order valence-electron chi connectivity index (χ4n) is 2.15. The van der Waals surface area contributed by atoms with Crippen LogP contribution in [0, 0.1) is 0 Å². The number of thioether (sulfide) groups is 1. The number of aromatic nitrogens is 2. The number of hydrogen-bond donors (Lipinski definition) is 1. The molecule has 0 atom stereocenters. The van der Waals surface area contributed by atoms with Crippen LogP contribution in [0.5, 0.6) is 0 Å². The van der Waals surface area contributed by atoms with Crippen LogP contribution >= 0.6 is 23.4 Å². The molecule has 0 unspecified atom stereocenters. The summed E-state index contributed by atoms with van der Waals surface area (Å²) in [5, 5.41) is 3.85. The topological polar surface area (TPSA) is 37.8 Å². The van der Waals surface area contributed by atoms with Crippen LogP contribution in [0.2, 0.25) is 5.15 Å². The first-order valence-corrected chi connectivity index (χ1v) is 7.11. The predicted molar refractivity (Wildman–Crippen MR) is 70.2 cm³/mol. The van der Waals surface area contributed by atoms with Gasteiger partial charge < -0.3 is 5.32 Å². The summed E-state index contributed by atoms with van der Waals surface area (Å²) in [6.07, 6.45) is 8.95. The van der Waals surface area contributed by atoms with Crippen molar-refractivity contribution >= 4 is 29.2 Å². The monoisotopic (exact) mass is 257 g/mol. The molecule has 1 aromatic rings. The molecule has 1 aromatic heterocycles. The van der Waals surface area contributed by atoms with Crippen LogP contribution < -0.4 is 5.32 Å². The summed E-state index contributed by atoms with van der Waals surface area (Å²) in [5.41, 5.74) is 0. The zero-order valence-corrected chi connectivity index (χ0v) is 10.9. The van der Waals surface area contributed by atoms with E-state index in [0.29, 0.717) is 9.90 Å². The third kappa shape index (κ3) is 2.80. The summed E-state index contributed by atoms with van der Waals surface area (Å²) in [6.45, 7) is 0.960. The van der Waals surface area contributed by atoms with Crippen LogP contribution in [0.3, 0.4) is 0 Å². The maximum absolute atomic E-state index is 5.81. The Bertz CT molecular complexity index is 353. The lowest BCUT2D eigenvalue weighted by atomic mass is 10.1. The predicted octanol–water partition coefficient (Wildman–Crippen LogP) is 3.22. The van der Waals surface area contributed by atoms with Crippen LogP contribution in [-0.4, -0.2) is 27.5 Å². The van der Waals surface area contributed by atoms with Gasteiger partial charge in [-0.05, 0) is 19.1 Å². The Labute approximate surface area is 105 Å². The molecule has 5 heteroatoms. The van der Waals surface area contributed by atoms with E-state index >= 15 is 0 Å². The Morgan fingerprint density at radius 2 is 2.19 bits per heavy atom. The summed E-state index contributed by atoms with van der Waals surface area (Å²) < 4.78 is 0.386. The van der Waals surface area contributed by atoms with E-state index in [1.807, 2.05) is 11.8 Å². The number of halogens is 1. The SMILES string of the molecule is CSC1(CNc2cc(Cl)ncn2)CCCC1. The number of anilines is 1. The maximum Gasteiger partial charge on any atom is 0.134 e. The Hall–Kier alpha value is -0.480. The molecule has 0 spiro atoms. The minimum absolute atomic E-state index is 0.386. The average Bonchev–Trinajstić information content (AvgIpc) is 2.76.